The summed E-state index contributed by atoms with van der Waals surface area (Å²) in [6, 6.07) is 18.9. The molecule has 3 aromatic carbocycles. The average molecular weight is 495 g/mol. The number of nitrogens with one attached hydrogen (secondary N) is 1. The zero-order valence-electron chi connectivity index (χ0n) is 17.9. The minimum absolute atomic E-state index is 0.216. The number of hydrogen-bond acceptors (Lipinski definition) is 6. The van der Waals surface area contributed by atoms with Gasteiger partial charge in [0.25, 0.3) is 5.91 Å². The molecule has 9 heteroatoms. The Morgan fingerprint density at radius 3 is 2.62 bits per heavy atom. The fourth-order valence-corrected chi connectivity index (χ4v) is 4.12. The number of halogens is 1. The van der Waals surface area contributed by atoms with Gasteiger partial charge in [0.05, 0.1) is 23.3 Å². The third kappa shape index (κ3) is 5.78. The number of aromatic carboxylic acids is 1. The number of nitrogens with zero attached hydrogens (tertiary/aromatic N) is 1. The smallest absolute Gasteiger partial charge is 0.335 e. The third-order valence-electron chi connectivity index (χ3n) is 4.77. The van der Waals surface area contributed by atoms with Crippen LogP contribution in [0.5, 0.6) is 11.5 Å². The van der Waals surface area contributed by atoms with Gasteiger partial charge < -0.3 is 19.9 Å². The third-order valence-corrected chi connectivity index (χ3v) is 5.92. The lowest BCUT2D eigenvalue weighted by Gasteiger charge is -2.11. The van der Waals surface area contributed by atoms with Gasteiger partial charge in [-0.3, -0.25) is 4.79 Å². The quantitative estimate of drug-likeness (QED) is 0.420. The van der Waals surface area contributed by atoms with E-state index < -0.39 is 5.97 Å². The Labute approximate surface area is 205 Å². The van der Waals surface area contributed by atoms with Crippen LogP contribution in [0.2, 0.25) is 5.02 Å². The summed E-state index contributed by atoms with van der Waals surface area (Å²) in [5, 5.41) is 12.8. The maximum Gasteiger partial charge on any atom is 0.335 e. The van der Waals surface area contributed by atoms with E-state index in [1.54, 1.807) is 54.6 Å². The molecule has 1 heterocycles. The van der Waals surface area contributed by atoms with Gasteiger partial charge in [-0.2, -0.15) is 0 Å². The number of ether oxygens (including phenoxy) is 2. The molecular formula is C25H19ClN2O5S. The fraction of sp³-hybridized carbons (Fsp3) is 0.0800. The van der Waals surface area contributed by atoms with E-state index in [2.05, 4.69) is 10.3 Å². The number of carbonyl (C=O) groups excluding carboxylic acids is 1. The van der Waals surface area contributed by atoms with E-state index in [9.17, 15) is 9.59 Å². The van der Waals surface area contributed by atoms with Gasteiger partial charge >= 0.3 is 5.97 Å². The number of amidine groups is 1. The van der Waals surface area contributed by atoms with Crippen molar-refractivity contribution < 1.29 is 24.2 Å². The molecule has 1 saturated heterocycles. The topological polar surface area (TPSA) is 97.2 Å². The summed E-state index contributed by atoms with van der Waals surface area (Å²) >= 11 is 7.23. The fourth-order valence-electron chi connectivity index (χ4n) is 3.09. The standard InChI is InChI=1S/C25H19ClN2O5S/c1-32-21-11-16(7-10-20(21)33-14-15-5-8-17(9-6-15)24(30)31)12-22-23(29)28-25(34-22)27-19-4-2-3-18(26)13-19/h2-13H,14H2,1H3,(H,30,31)(H,27,28,29)/b22-12+. The number of carboxylic acids is 1. The van der Waals surface area contributed by atoms with Crippen molar-refractivity contribution in [3.05, 3.63) is 93.3 Å². The van der Waals surface area contributed by atoms with Crippen molar-refractivity contribution >= 4 is 52.2 Å². The van der Waals surface area contributed by atoms with Crippen molar-refractivity contribution in [1.29, 1.82) is 0 Å². The van der Waals surface area contributed by atoms with E-state index in [0.717, 1.165) is 11.1 Å². The van der Waals surface area contributed by atoms with Crippen molar-refractivity contribution in [2.24, 2.45) is 4.99 Å². The van der Waals surface area contributed by atoms with E-state index in [4.69, 9.17) is 26.2 Å². The number of carbonyl (C=O) groups is 2. The van der Waals surface area contributed by atoms with E-state index in [0.29, 0.717) is 32.3 Å². The Bertz CT molecular complexity index is 1300. The molecule has 0 aliphatic carbocycles. The zero-order valence-corrected chi connectivity index (χ0v) is 19.5. The van der Waals surface area contributed by atoms with Gasteiger partial charge in [0.2, 0.25) is 0 Å². The molecule has 0 saturated carbocycles. The summed E-state index contributed by atoms with van der Waals surface area (Å²) in [5.74, 6) is -0.183. The summed E-state index contributed by atoms with van der Waals surface area (Å²) in [5.41, 5.74) is 2.45. The van der Waals surface area contributed by atoms with E-state index >= 15 is 0 Å². The van der Waals surface area contributed by atoms with Crippen LogP contribution in [0, 0.1) is 0 Å². The lowest BCUT2D eigenvalue weighted by molar-refractivity contribution is -0.115. The van der Waals surface area contributed by atoms with Crippen LogP contribution in [-0.2, 0) is 11.4 Å². The van der Waals surface area contributed by atoms with Crippen LogP contribution in [0.4, 0.5) is 5.69 Å². The van der Waals surface area contributed by atoms with Crippen molar-refractivity contribution in [2.75, 3.05) is 7.11 Å². The van der Waals surface area contributed by atoms with Crippen LogP contribution < -0.4 is 14.8 Å². The van der Waals surface area contributed by atoms with Crippen LogP contribution in [0.15, 0.2) is 76.6 Å². The van der Waals surface area contributed by atoms with E-state index in [1.165, 1.54) is 31.0 Å². The second-order valence-corrected chi connectivity index (χ2v) is 8.63. The zero-order chi connectivity index (χ0) is 24.1. The molecule has 172 valence electrons. The summed E-state index contributed by atoms with van der Waals surface area (Å²) in [4.78, 5) is 28.3. The monoisotopic (exact) mass is 494 g/mol. The van der Waals surface area contributed by atoms with Gasteiger partial charge in [-0.05, 0) is 71.4 Å². The Morgan fingerprint density at radius 2 is 1.91 bits per heavy atom. The van der Waals surface area contributed by atoms with Crippen LogP contribution in [-0.4, -0.2) is 29.3 Å². The first-order valence-electron chi connectivity index (χ1n) is 10.1. The number of carboxylic acid groups (broad SMARTS) is 1. The van der Waals surface area contributed by atoms with Gasteiger partial charge in [0.1, 0.15) is 6.61 Å². The number of thioether (sulfide) groups is 1. The predicted octanol–water partition coefficient (Wildman–Crippen LogP) is 5.52. The molecule has 3 aromatic rings. The highest BCUT2D eigenvalue weighted by atomic mass is 35.5. The molecule has 2 N–H and O–H groups in total. The number of benzene rings is 3. The van der Waals surface area contributed by atoms with Crippen LogP contribution in [0.3, 0.4) is 0 Å². The lowest BCUT2D eigenvalue weighted by Crippen LogP contribution is -2.19. The minimum Gasteiger partial charge on any atom is -0.493 e. The number of amides is 1. The highest BCUT2D eigenvalue weighted by Gasteiger charge is 2.24. The molecule has 0 radical (unpaired) electrons. The highest BCUT2D eigenvalue weighted by Crippen LogP contribution is 2.33. The summed E-state index contributed by atoms with van der Waals surface area (Å²) in [7, 11) is 1.54. The molecule has 1 amide bonds. The number of rotatable bonds is 7. The average Bonchev–Trinajstić information content (AvgIpc) is 3.16. The first-order valence-corrected chi connectivity index (χ1v) is 11.3. The first-order chi connectivity index (χ1) is 16.4. The summed E-state index contributed by atoms with van der Waals surface area (Å²) < 4.78 is 11.3. The van der Waals surface area contributed by atoms with E-state index in [-0.39, 0.29) is 18.1 Å². The molecule has 0 spiro atoms. The Morgan fingerprint density at radius 1 is 1.12 bits per heavy atom. The molecule has 7 nitrogen and oxygen atoms in total. The summed E-state index contributed by atoms with van der Waals surface area (Å²) in [6.07, 6.45) is 1.75. The first kappa shape index (κ1) is 23.4. The maximum absolute atomic E-state index is 12.4. The largest absolute Gasteiger partial charge is 0.493 e. The van der Waals surface area contributed by atoms with Crippen molar-refractivity contribution in [3.8, 4) is 11.5 Å². The number of methoxy groups -OCH3 is 1. The Hall–Kier alpha value is -3.75. The van der Waals surface area contributed by atoms with Crippen LogP contribution >= 0.6 is 23.4 Å². The SMILES string of the molecule is COc1cc(/C=C2/SC(=Nc3cccc(Cl)c3)NC2=O)ccc1OCc1ccc(C(=O)O)cc1. The van der Waals surface area contributed by atoms with Gasteiger partial charge in [-0.1, -0.05) is 35.9 Å². The van der Waals surface area contributed by atoms with Crippen molar-refractivity contribution in [2.45, 2.75) is 6.61 Å². The van der Waals surface area contributed by atoms with Gasteiger partial charge in [-0.25, -0.2) is 9.79 Å². The van der Waals surface area contributed by atoms with Gasteiger partial charge in [0, 0.05) is 5.02 Å². The molecule has 34 heavy (non-hydrogen) atoms. The Balaban J connectivity index is 1.46. The van der Waals surface area contributed by atoms with Crippen molar-refractivity contribution in [1.82, 2.24) is 5.32 Å². The normalized spacial score (nSPS) is 15.4. The molecule has 0 bridgehead atoms. The molecule has 0 unspecified atom stereocenters. The molecule has 4 rings (SSSR count). The molecule has 0 atom stereocenters. The molecule has 1 aliphatic heterocycles. The lowest BCUT2D eigenvalue weighted by atomic mass is 10.1. The minimum atomic E-state index is -0.976. The van der Waals surface area contributed by atoms with Crippen LogP contribution in [0.1, 0.15) is 21.5 Å². The van der Waals surface area contributed by atoms with Gasteiger partial charge in [0.15, 0.2) is 16.7 Å². The van der Waals surface area contributed by atoms with Gasteiger partial charge in [-0.15, -0.1) is 0 Å². The predicted molar refractivity (Wildman–Crippen MR) is 133 cm³/mol. The van der Waals surface area contributed by atoms with Crippen molar-refractivity contribution in [3.63, 3.8) is 0 Å². The maximum atomic E-state index is 12.4. The second-order valence-electron chi connectivity index (χ2n) is 7.16. The molecule has 0 aromatic heterocycles. The highest BCUT2D eigenvalue weighted by molar-refractivity contribution is 8.18. The Kier molecular flexibility index (Phi) is 7.20. The summed E-state index contributed by atoms with van der Waals surface area (Å²) in [6.45, 7) is 0.248. The second kappa shape index (κ2) is 10.5. The molecule has 1 fully saturated rings. The van der Waals surface area contributed by atoms with Crippen LogP contribution in [0.25, 0.3) is 6.08 Å². The van der Waals surface area contributed by atoms with E-state index in [1.807, 2.05) is 6.07 Å². The number of aliphatic imine (C=N–C) groups is 1. The molecule has 1 aliphatic rings. The molecular weight excluding hydrogens is 476 g/mol. The number of hydrogen-bond donors (Lipinski definition) is 2.